The SMILES string of the molecule is COC(=Cc1ccc(OCc2ccccc2)cc1)C(=O)O.[BeH2]. The van der Waals surface area contributed by atoms with Crippen LogP contribution in [0.25, 0.3) is 6.08 Å². The molecule has 0 heterocycles. The third-order valence-electron chi connectivity index (χ3n) is 2.86. The summed E-state index contributed by atoms with van der Waals surface area (Å²) in [7, 11) is 1.33. The first-order chi connectivity index (χ1) is 10.2. The van der Waals surface area contributed by atoms with Crippen molar-refractivity contribution in [3.63, 3.8) is 0 Å². The number of benzene rings is 2. The summed E-state index contributed by atoms with van der Waals surface area (Å²) < 4.78 is 10.4. The molecule has 1 N–H and O–H groups in total. The molecule has 5 heteroatoms. The second kappa shape index (κ2) is 8.65. The minimum atomic E-state index is -1.10. The molecule has 0 radical (unpaired) electrons. The molecule has 0 aliphatic heterocycles. The number of carbonyl (C=O) groups is 1. The van der Waals surface area contributed by atoms with Gasteiger partial charge in [-0.2, -0.15) is 0 Å². The number of carboxylic acids is 1. The summed E-state index contributed by atoms with van der Waals surface area (Å²) in [4.78, 5) is 10.8. The predicted molar refractivity (Wildman–Crippen MR) is 88.4 cm³/mol. The van der Waals surface area contributed by atoms with Crippen molar-refractivity contribution in [3.8, 4) is 5.75 Å². The molecule has 22 heavy (non-hydrogen) atoms. The van der Waals surface area contributed by atoms with Gasteiger partial charge < -0.3 is 14.6 Å². The number of carboxylic acid groups (broad SMARTS) is 1. The summed E-state index contributed by atoms with van der Waals surface area (Å²) in [6.45, 7) is 0.495. The quantitative estimate of drug-likeness (QED) is 0.505. The number of aliphatic carboxylic acids is 1. The zero-order valence-corrected chi connectivity index (χ0v) is 11.7. The van der Waals surface area contributed by atoms with Crippen molar-refractivity contribution in [1.29, 1.82) is 0 Å². The normalized spacial score (nSPS) is 10.5. The predicted octanol–water partition coefficient (Wildman–Crippen LogP) is 2.42. The molecule has 0 aliphatic rings. The molecule has 4 nitrogen and oxygen atoms in total. The number of rotatable bonds is 6. The van der Waals surface area contributed by atoms with Gasteiger partial charge in [-0.15, -0.1) is 0 Å². The second-order valence-electron chi connectivity index (χ2n) is 4.36. The van der Waals surface area contributed by atoms with Gasteiger partial charge in [0.05, 0.1) is 7.11 Å². The van der Waals surface area contributed by atoms with Gasteiger partial charge in [0, 0.05) is 0 Å². The Morgan fingerprint density at radius 1 is 1.09 bits per heavy atom. The average molecular weight is 295 g/mol. The molecule has 2 aromatic rings. The van der Waals surface area contributed by atoms with Crippen molar-refractivity contribution in [2.75, 3.05) is 7.11 Å². The molecule has 2 aromatic carbocycles. The van der Waals surface area contributed by atoms with Crippen molar-refractivity contribution in [2.45, 2.75) is 6.61 Å². The molecule has 112 valence electrons. The first-order valence-corrected chi connectivity index (χ1v) is 6.45. The van der Waals surface area contributed by atoms with E-state index >= 15 is 0 Å². The van der Waals surface area contributed by atoms with E-state index in [9.17, 15) is 4.79 Å². The summed E-state index contributed by atoms with van der Waals surface area (Å²) in [5, 5.41) is 8.88. The molecule has 0 atom stereocenters. The fraction of sp³-hybridized carbons (Fsp3) is 0.118. The van der Waals surface area contributed by atoms with Crippen LogP contribution in [0.15, 0.2) is 60.4 Å². The Kier molecular flexibility index (Phi) is 6.87. The third-order valence-corrected chi connectivity index (χ3v) is 2.86. The number of methoxy groups -OCH3 is 1. The average Bonchev–Trinajstić information content (AvgIpc) is 2.52. The van der Waals surface area contributed by atoms with Crippen LogP contribution in [0.3, 0.4) is 0 Å². The van der Waals surface area contributed by atoms with Gasteiger partial charge in [-0.05, 0) is 29.3 Å². The summed E-state index contributed by atoms with van der Waals surface area (Å²) in [6, 6.07) is 17.0. The van der Waals surface area contributed by atoms with Crippen LogP contribution in [0, 0.1) is 0 Å². The molecule has 0 aliphatic carbocycles. The van der Waals surface area contributed by atoms with Crippen LogP contribution in [0.2, 0.25) is 0 Å². The number of ether oxygens (including phenoxy) is 2. The molecular weight excluding hydrogens is 277 g/mol. The van der Waals surface area contributed by atoms with Gasteiger partial charge in [0.15, 0.2) is 0 Å². The van der Waals surface area contributed by atoms with E-state index in [1.165, 1.54) is 13.2 Å². The van der Waals surface area contributed by atoms with E-state index in [4.69, 9.17) is 14.6 Å². The molecule has 0 aromatic heterocycles. The van der Waals surface area contributed by atoms with Gasteiger partial charge >= 0.3 is 16.1 Å². The zero-order valence-electron chi connectivity index (χ0n) is 11.7. The van der Waals surface area contributed by atoms with E-state index in [0.717, 1.165) is 16.9 Å². The van der Waals surface area contributed by atoms with Gasteiger partial charge in [0.2, 0.25) is 5.76 Å². The van der Waals surface area contributed by atoms with Crippen LogP contribution in [-0.4, -0.2) is 28.3 Å². The second-order valence-corrected chi connectivity index (χ2v) is 4.36. The zero-order chi connectivity index (χ0) is 15.1. The van der Waals surface area contributed by atoms with Crippen molar-refractivity contribution in [1.82, 2.24) is 0 Å². The van der Waals surface area contributed by atoms with Crippen LogP contribution in [-0.2, 0) is 16.1 Å². The molecule has 0 unspecified atom stereocenters. The molecule has 2 rings (SSSR count). The van der Waals surface area contributed by atoms with E-state index in [1.54, 1.807) is 24.3 Å². The standard InChI is InChI=1S/C17H16O4.Be.2H/c1-20-16(17(18)19)11-13-7-9-15(10-8-13)21-12-14-5-3-2-4-6-14;;;/h2-11H,12H2,1H3,(H,18,19);;;. The van der Waals surface area contributed by atoms with Crippen LogP contribution in [0.5, 0.6) is 5.75 Å². The molecule has 0 fully saturated rings. The number of hydrogen-bond acceptors (Lipinski definition) is 3. The van der Waals surface area contributed by atoms with Crippen LogP contribution in [0.4, 0.5) is 0 Å². The fourth-order valence-electron chi connectivity index (χ4n) is 1.76. The Balaban J connectivity index is 0.00000242. The Morgan fingerprint density at radius 2 is 1.73 bits per heavy atom. The maximum absolute atomic E-state index is 10.8. The number of hydrogen-bond donors (Lipinski definition) is 1. The van der Waals surface area contributed by atoms with Crippen molar-refractivity contribution in [3.05, 3.63) is 71.5 Å². The van der Waals surface area contributed by atoms with E-state index in [-0.39, 0.29) is 15.9 Å². The van der Waals surface area contributed by atoms with Gasteiger partial charge in [-0.3, -0.25) is 0 Å². The Bertz CT molecular complexity index is 621. The monoisotopic (exact) mass is 295 g/mol. The molecule has 0 amide bonds. The summed E-state index contributed by atoms with van der Waals surface area (Å²) in [6.07, 6.45) is 1.46. The Morgan fingerprint density at radius 3 is 2.27 bits per heavy atom. The molecule has 0 saturated heterocycles. The topological polar surface area (TPSA) is 55.8 Å². The minimum absolute atomic E-state index is 0. The van der Waals surface area contributed by atoms with Gasteiger partial charge in [-0.25, -0.2) is 4.79 Å². The van der Waals surface area contributed by atoms with Gasteiger partial charge in [0.1, 0.15) is 12.4 Å². The summed E-state index contributed by atoms with van der Waals surface area (Å²) >= 11 is 0. The first kappa shape index (κ1) is 17.5. The van der Waals surface area contributed by atoms with Crippen LogP contribution in [0.1, 0.15) is 11.1 Å². The molecule has 0 saturated carbocycles. The molecular formula is C17H18BeO4. The van der Waals surface area contributed by atoms with Gasteiger partial charge in [-0.1, -0.05) is 42.5 Å². The molecule has 0 bridgehead atoms. The van der Waals surface area contributed by atoms with Gasteiger partial charge in [0.25, 0.3) is 0 Å². The van der Waals surface area contributed by atoms with E-state index < -0.39 is 5.97 Å². The van der Waals surface area contributed by atoms with Crippen molar-refractivity contribution < 1.29 is 19.4 Å². The maximum atomic E-state index is 10.8. The third kappa shape index (κ3) is 5.07. The van der Waals surface area contributed by atoms with E-state index in [0.29, 0.717) is 6.61 Å². The summed E-state index contributed by atoms with van der Waals surface area (Å²) in [5.74, 6) is -0.472. The Hall–Kier alpha value is -2.58. The van der Waals surface area contributed by atoms with E-state index in [2.05, 4.69) is 0 Å². The summed E-state index contributed by atoms with van der Waals surface area (Å²) in [5.41, 5.74) is 1.83. The van der Waals surface area contributed by atoms with Crippen LogP contribution >= 0.6 is 0 Å². The van der Waals surface area contributed by atoms with E-state index in [1.807, 2.05) is 30.3 Å². The Labute approximate surface area is 133 Å². The fourth-order valence-corrected chi connectivity index (χ4v) is 1.76. The van der Waals surface area contributed by atoms with Crippen molar-refractivity contribution in [2.24, 2.45) is 0 Å². The first-order valence-electron chi connectivity index (χ1n) is 6.45. The van der Waals surface area contributed by atoms with Crippen LogP contribution < -0.4 is 4.74 Å². The molecule has 0 spiro atoms. The van der Waals surface area contributed by atoms with Crippen molar-refractivity contribution >= 4 is 22.2 Å².